The van der Waals surface area contributed by atoms with E-state index in [1.165, 1.54) is 0 Å². The van der Waals surface area contributed by atoms with E-state index in [0.29, 0.717) is 0 Å². The number of furan rings is 1. The molecule has 0 amide bonds. The summed E-state index contributed by atoms with van der Waals surface area (Å²) in [6.07, 6.45) is 0. The van der Waals surface area contributed by atoms with Crippen LogP contribution >= 0.6 is 0 Å². The Balaban J connectivity index is 1.54. The van der Waals surface area contributed by atoms with Crippen molar-refractivity contribution in [3.8, 4) is 33.4 Å². The molecule has 0 bridgehead atoms. The van der Waals surface area contributed by atoms with Gasteiger partial charge >= 0.3 is 0 Å². The first-order valence-corrected chi connectivity index (χ1v) is 14.0. The molecule has 10 rings (SSSR count). The Morgan fingerprint density at radius 2 is 0.872 bits per heavy atom. The Morgan fingerprint density at radius 3 is 1.62 bits per heavy atom. The molecule has 0 atom stereocenters. The summed E-state index contributed by atoms with van der Waals surface area (Å²) < 4.78 is 250. The highest BCUT2D eigenvalue weighted by Crippen LogP contribution is 2.47. The van der Waals surface area contributed by atoms with Gasteiger partial charge in [-0.1, -0.05) is 151 Å². The first-order valence-electron chi connectivity index (χ1n) is 27.5. The summed E-state index contributed by atoms with van der Waals surface area (Å²) in [5, 5.41) is -6.11. The zero-order valence-electron chi connectivity index (χ0n) is 50.5. The smallest absolute Gasteiger partial charge is 0.135 e. The molecule has 0 fully saturated rings. The van der Waals surface area contributed by atoms with Crippen LogP contribution in [0.5, 0.6) is 0 Å². The van der Waals surface area contributed by atoms with Crippen molar-refractivity contribution in [2.75, 3.05) is 0 Å². The van der Waals surface area contributed by atoms with Crippen molar-refractivity contribution in [1.82, 2.24) is 0 Å². The molecule has 9 aromatic carbocycles. The van der Waals surface area contributed by atoms with Crippen LogP contribution < -0.4 is 0 Å². The van der Waals surface area contributed by atoms with E-state index in [4.69, 9.17) is 27.7 Å². The quantitative estimate of drug-likeness (QED) is 0.178. The third-order valence-electron chi connectivity index (χ3n) is 7.90. The maximum absolute atomic E-state index is 9.88. The molecular weight excluding hydrogens is 569 g/mol. The zero-order valence-corrected chi connectivity index (χ0v) is 23.5. The van der Waals surface area contributed by atoms with Gasteiger partial charge in [0, 0.05) is 10.8 Å². The highest BCUT2D eigenvalue weighted by molar-refractivity contribution is 6.25. The molecule has 1 aromatic heterocycles. The first kappa shape index (κ1) is 11.0. The van der Waals surface area contributed by atoms with Gasteiger partial charge in [0.25, 0.3) is 0 Å². The molecule has 1 heteroatoms. The molecule has 0 radical (unpaired) electrons. The Hall–Kier alpha value is -6.18. The van der Waals surface area contributed by atoms with Crippen molar-refractivity contribution >= 4 is 65.0 Å². The van der Waals surface area contributed by atoms with E-state index in [-0.39, 0.29) is 5.39 Å². The molecule has 0 aliphatic carbocycles. The summed E-state index contributed by atoms with van der Waals surface area (Å²) in [5.41, 5.74) is -5.32. The Labute approximate surface area is 309 Å². The lowest BCUT2D eigenvalue weighted by molar-refractivity contribution is 0.669. The van der Waals surface area contributed by atoms with E-state index in [1.54, 1.807) is 0 Å². The molecule has 47 heavy (non-hydrogen) atoms. The highest BCUT2D eigenvalue weighted by atomic mass is 16.3. The fourth-order valence-corrected chi connectivity index (χ4v) is 5.93. The SMILES string of the molecule is [2H]c1cc2c(-c3c([2H])c([2H])c(-c4c5c([2H])c([2H])c([2H])c([2H])c5c(-c5c([2H])c([2H])c6oc7c([2H])c([2H])c([2H])c([2H])c7c6c5[2H])c5c([2H])c([2H])c([2H])c([2H])c45)c4c([2H])c([2H])c([2H])c([2H])c34)c([2H])c([2H])c([2H])c2c([2H])c1[2H]. The van der Waals surface area contributed by atoms with E-state index in [1.807, 2.05) is 0 Å². The van der Waals surface area contributed by atoms with Crippen LogP contribution in [-0.4, -0.2) is 0 Å². The molecule has 0 spiro atoms. The fraction of sp³-hybridized carbons (Fsp3) is 0. The van der Waals surface area contributed by atoms with E-state index < -0.39 is 256 Å². The predicted octanol–water partition coefficient (Wildman–Crippen LogP) is 13.2. The molecule has 1 heterocycles. The van der Waals surface area contributed by atoms with Crippen LogP contribution in [0.1, 0.15) is 37.0 Å². The average Bonchev–Trinajstić information content (AvgIpc) is 3.78. The Morgan fingerprint density at radius 1 is 0.340 bits per heavy atom. The van der Waals surface area contributed by atoms with Crippen LogP contribution in [0, 0.1) is 0 Å². The van der Waals surface area contributed by atoms with Crippen molar-refractivity contribution in [2.45, 2.75) is 0 Å². The van der Waals surface area contributed by atoms with Crippen LogP contribution in [0.3, 0.4) is 0 Å². The zero-order chi connectivity index (χ0) is 54.4. The van der Waals surface area contributed by atoms with Gasteiger partial charge in [0.15, 0.2) is 0 Å². The summed E-state index contributed by atoms with van der Waals surface area (Å²) in [6.45, 7) is 0. The molecule has 10 aromatic rings. The van der Waals surface area contributed by atoms with Gasteiger partial charge in [-0.05, 0) is 94.6 Å². The number of fused-ring (bicyclic) bond motifs is 7. The van der Waals surface area contributed by atoms with Gasteiger partial charge in [-0.2, -0.15) is 0 Å². The second kappa shape index (κ2) is 10.2. The number of hydrogen-bond acceptors (Lipinski definition) is 1. The maximum Gasteiger partial charge on any atom is 0.135 e. The molecule has 0 N–H and O–H groups in total. The summed E-state index contributed by atoms with van der Waals surface area (Å²) in [7, 11) is 0. The molecule has 0 saturated heterocycles. The summed E-state index contributed by atoms with van der Waals surface area (Å²) >= 11 is 0. The maximum atomic E-state index is 9.88. The Bertz CT molecular complexity index is 4300. The van der Waals surface area contributed by atoms with Crippen LogP contribution in [0.25, 0.3) is 98.4 Å². The normalized spacial score (nSPS) is 19.9. The average molecular weight is 624 g/mol. The highest BCUT2D eigenvalue weighted by Gasteiger charge is 2.20. The molecule has 0 aliphatic rings. The molecule has 1 nitrogen and oxygen atoms in total. The lowest BCUT2D eigenvalue weighted by Crippen LogP contribution is -1.92. The minimum absolute atomic E-state index is 0.357. The van der Waals surface area contributed by atoms with E-state index >= 15 is 0 Å². The van der Waals surface area contributed by atoms with Gasteiger partial charge in [-0.25, -0.2) is 0 Å². The standard InChI is InChI=1S/C46H28O/c1-2-14-31-29(12-1)13-11-22-32(31)35-25-26-41(34-16-4-3-15-33(34)35)46-39-20-7-5-18-37(39)45(38-19-6-8-21-40(38)46)30-24-27-44-42(28-30)36-17-9-10-23-43(36)47-44/h1-28H/i1D,2D,3D,4D,5D,6D,7D,8D,9D,10D,11D,12D,13D,15D,16D,17D,18D,19D,20D,21D,22D,23D,24D,25D,26D,27D,28D. The van der Waals surface area contributed by atoms with Gasteiger partial charge in [0.1, 0.15) is 11.2 Å². The largest absolute Gasteiger partial charge is 0.456 e. The third-order valence-corrected chi connectivity index (χ3v) is 7.90. The van der Waals surface area contributed by atoms with E-state index in [0.717, 1.165) is 6.07 Å². The van der Waals surface area contributed by atoms with Gasteiger partial charge in [-0.3, -0.25) is 0 Å². The third kappa shape index (κ3) is 3.90. The molecule has 0 aliphatic heterocycles. The van der Waals surface area contributed by atoms with Gasteiger partial charge in [-0.15, -0.1) is 0 Å². The lowest BCUT2D eigenvalue weighted by atomic mass is 9.83. The van der Waals surface area contributed by atoms with E-state index in [2.05, 4.69) is 0 Å². The minimum atomic E-state index is -1.06. The predicted molar refractivity (Wildman–Crippen MR) is 200 cm³/mol. The second-order valence-corrected chi connectivity index (χ2v) is 10.3. The summed E-state index contributed by atoms with van der Waals surface area (Å²) in [4.78, 5) is 0. The van der Waals surface area contributed by atoms with Crippen LogP contribution in [-0.2, 0) is 0 Å². The van der Waals surface area contributed by atoms with Gasteiger partial charge < -0.3 is 4.42 Å². The van der Waals surface area contributed by atoms with Crippen molar-refractivity contribution in [2.24, 2.45) is 0 Å². The van der Waals surface area contributed by atoms with E-state index in [9.17, 15) is 13.7 Å². The molecule has 0 saturated carbocycles. The number of rotatable bonds is 3. The number of hydrogen-bond donors (Lipinski definition) is 0. The molecular formula is C46H28O. The van der Waals surface area contributed by atoms with Crippen LogP contribution in [0.4, 0.5) is 0 Å². The monoisotopic (exact) mass is 623 g/mol. The van der Waals surface area contributed by atoms with Crippen molar-refractivity contribution in [3.05, 3.63) is 169 Å². The van der Waals surface area contributed by atoms with Crippen molar-refractivity contribution < 1.29 is 41.4 Å². The first-order chi connectivity index (χ1) is 34.6. The topological polar surface area (TPSA) is 13.1 Å². The second-order valence-electron chi connectivity index (χ2n) is 10.3. The lowest BCUT2D eigenvalue weighted by Gasteiger charge is -2.20. The minimum Gasteiger partial charge on any atom is -0.456 e. The fourth-order valence-electron chi connectivity index (χ4n) is 5.93. The molecule has 0 unspecified atom stereocenters. The Kier molecular flexibility index (Phi) is 2.37. The molecule has 218 valence electrons. The van der Waals surface area contributed by atoms with Crippen LogP contribution in [0.15, 0.2) is 174 Å². The number of para-hydroxylation sites is 1. The number of benzene rings is 9. The summed E-state index contributed by atoms with van der Waals surface area (Å²) in [5.74, 6) is 0. The van der Waals surface area contributed by atoms with Crippen LogP contribution in [0.2, 0.25) is 0 Å². The van der Waals surface area contributed by atoms with Gasteiger partial charge in [0.2, 0.25) is 0 Å². The van der Waals surface area contributed by atoms with Gasteiger partial charge in [0.05, 0.1) is 37.0 Å². The summed E-state index contributed by atoms with van der Waals surface area (Å²) in [6, 6.07) is -23.1. The van der Waals surface area contributed by atoms with Crippen molar-refractivity contribution in [1.29, 1.82) is 0 Å². The van der Waals surface area contributed by atoms with Crippen molar-refractivity contribution in [3.63, 3.8) is 0 Å².